The molecule has 3 heterocycles. The van der Waals surface area contributed by atoms with Gasteiger partial charge in [-0.2, -0.15) is 13.2 Å². The van der Waals surface area contributed by atoms with Crippen molar-refractivity contribution in [1.29, 1.82) is 0 Å². The summed E-state index contributed by atoms with van der Waals surface area (Å²) in [5.41, 5.74) is -0.0286. The highest BCUT2D eigenvalue weighted by atomic mass is 32.1. The molecule has 6 nitrogen and oxygen atoms in total. The fourth-order valence-corrected chi connectivity index (χ4v) is 3.74. The topological polar surface area (TPSA) is 78.6 Å². The number of rotatable bonds is 3. The first-order valence-electron chi connectivity index (χ1n) is 7.59. The average molecular weight is 375 g/mol. The Morgan fingerprint density at radius 2 is 2.28 bits per heavy atom. The largest absolute Gasteiger partial charge is 0.452 e. The van der Waals surface area contributed by atoms with E-state index in [0.29, 0.717) is 29.4 Å². The number of carbonyl (C=O) groups excluding carboxylic acids is 1. The molecular formula is C15H16F3N3O3S. The van der Waals surface area contributed by atoms with Crippen molar-refractivity contribution < 1.29 is 27.6 Å². The normalized spacial score (nSPS) is 18.6. The van der Waals surface area contributed by atoms with E-state index in [4.69, 9.17) is 0 Å². The minimum atomic E-state index is -4.61. The van der Waals surface area contributed by atoms with E-state index in [2.05, 4.69) is 15.0 Å². The van der Waals surface area contributed by atoms with E-state index in [9.17, 15) is 23.1 Å². The Hall–Kier alpha value is -1.91. The number of aromatic nitrogens is 1. The molecule has 10 heteroatoms. The van der Waals surface area contributed by atoms with Crippen LogP contribution in [0.4, 0.5) is 13.2 Å². The van der Waals surface area contributed by atoms with Crippen LogP contribution in [0.1, 0.15) is 21.0 Å². The van der Waals surface area contributed by atoms with Crippen LogP contribution in [0.5, 0.6) is 0 Å². The summed E-state index contributed by atoms with van der Waals surface area (Å²) < 4.78 is 42.9. The second-order valence-electron chi connectivity index (χ2n) is 5.69. The molecule has 1 atom stereocenters. The molecule has 25 heavy (non-hydrogen) atoms. The average Bonchev–Trinajstić information content (AvgIpc) is 3.20. The van der Waals surface area contributed by atoms with Gasteiger partial charge in [-0.15, -0.1) is 11.3 Å². The van der Waals surface area contributed by atoms with Crippen LogP contribution < -0.4 is 5.32 Å². The van der Waals surface area contributed by atoms with Crippen LogP contribution >= 0.6 is 11.3 Å². The maximum absolute atomic E-state index is 12.8. The molecule has 1 aliphatic rings. The molecule has 1 unspecified atom stereocenters. The van der Waals surface area contributed by atoms with Crippen LogP contribution in [0, 0.1) is 6.92 Å². The Kier molecular flexibility index (Phi) is 4.85. The first-order chi connectivity index (χ1) is 11.8. The van der Waals surface area contributed by atoms with Crippen molar-refractivity contribution in [1.82, 2.24) is 15.4 Å². The van der Waals surface area contributed by atoms with Crippen molar-refractivity contribution in [3.63, 3.8) is 0 Å². The summed E-state index contributed by atoms with van der Waals surface area (Å²) in [6.45, 7) is 2.70. The lowest BCUT2D eigenvalue weighted by atomic mass is 10.2. The summed E-state index contributed by atoms with van der Waals surface area (Å²) in [6, 6.07) is 2.79. The van der Waals surface area contributed by atoms with Gasteiger partial charge >= 0.3 is 6.18 Å². The Balaban J connectivity index is 1.85. The van der Waals surface area contributed by atoms with Gasteiger partial charge in [-0.1, -0.05) is 5.16 Å². The fraction of sp³-hybridized carbons (Fsp3) is 0.467. The minimum Gasteiger partial charge on any atom is -0.394 e. The standard InChI is InChI=1S/C15H16F3N3O3S/c1-8-12(20-24-13(8)15(16,17)18)10-2-3-11(25-10)14(23)21-5-4-19-6-9(21)7-22/h2-3,9,19,22H,4-7H2,1H3. The lowest BCUT2D eigenvalue weighted by molar-refractivity contribution is -0.156. The number of aliphatic hydroxyl groups excluding tert-OH is 1. The Morgan fingerprint density at radius 1 is 1.52 bits per heavy atom. The predicted molar refractivity (Wildman–Crippen MR) is 84.3 cm³/mol. The van der Waals surface area contributed by atoms with Gasteiger partial charge in [0.15, 0.2) is 0 Å². The molecular weight excluding hydrogens is 359 g/mol. The predicted octanol–water partition coefficient (Wildman–Crippen LogP) is 2.14. The molecule has 1 aliphatic heterocycles. The molecule has 2 aromatic heterocycles. The number of amides is 1. The van der Waals surface area contributed by atoms with Crippen molar-refractivity contribution in [2.24, 2.45) is 0 Å². The van der Waals surface area contributed by atoms with Crippen molar-refractivity contribution in [2.45, 2.75) is 19.1 Å². The maximum Gasteiger partial charge on any atom is 0.452 e. The van der Waals surface area contributed by atoms with Crippen LogP contribution in [0.25, 0.3) is 10.6 Å². The zero-order valence-corrected chi connectivity index (χ0v) is 14.1. The monoisotopic (exact) mass is 375 g/mol. The van der Waals surface area contributed by atoms with Crippen LogP contribution in [-0.4, -0.2) is 53.4 Å². The molecule has 0 aromatic carbocycles. The van der Waals surface area contributed by atoms with E-state index < -0.39 is 11.9 Å². The summed E-state index contributed by atoms with van der Waals surface area (Å²) in [5.74, 6) is -1.39. The molecule has 0 radical (unpaired) electrons. The number of nitrogens with zero attached hydrogens (tertiary/aromatic N) is 2. The van der Waals surface area contributed by atoms with Gasteiger partial charge in [-0.25, -0.2) is 0 Å². The number of halogens is 3. The van der Waals surface area contributed by atoms with Crippen molar-refractivity contribution in [3.8, 4) is 10.6 Å². The number of piperazine rings is 1. The van der Waals surface area contributed by atoms with Gasteiger partial charge in [0.25, 0.3) is 5.91 Å². The molecule has 0 bridgehead atoms. The highest BCUT2D eigenvalue weighted by molar-refractivity contribution is 7.17. The number of hydrogen-bond acceptors (Lipinski definition) is 6. The molecule has 0 saturated carbocycles. The van der Waals surface area contributed by atoms with Gasteiger partial charge in [0, 0.05) is 25.2 Å². The van der Waals surface area contributed by atoms with E-state index in [1.807, 2.05) is 0 Å². The van der Waals surface area contributed by atoms with E-state index in [1.54, 1.807) is 17.0 Å². The number of carbonyl (C=O) groups is 1. The molecule has 1 amide bonds. The van der Waals surface area contributed by atoms with E-state index in [-0.39, 0.29) is 29.8 Å². The van der Waals surface area contributed by atoms with Crippen LogP contribution in [0.2, 0.25) is 0 Å². The third-order valence-electron chi connectivity index (χ3n) is 4.05. The Labute approximate surface area is 145 Å². The van der Waals surface area contributed by atoms with Crippen molar-refractivity contribution >= 4 is 17.2 Å². The molecule has 2 N–H and O–H groups in total. The second kappa shape index (κ2) is 6.77. The fourth-order valence-electron chi connectivity index (χ4n) is 2.74. The summed E-state index contributed by atoms with van der Waals surface area (Å²) in [4.78, 5) is 15.0. The lowest BCUT2D eigenvalue weighted by Crippen LogP contribution is -2.55. The van der Waals surface area contributed by atoms with E-state index in [0.717, 1.165) is 11.3 Å². The zero-order valence-electron chi connectivity index (χ0n) is 13.3. The van der Waals surface area contributed by atoms with Crippen LogP contribution in [-0.2, 0) is 6.18 Å². The zero-order chi connectivity index (χ0) is 18.2. The van der Waals surface area contributed by atoms with E-state index >= 15 is 0 Å². The van der Waals surface area contributed by atoms with Gasteiger partial charge in [-0.05, 0) is 19.1 Å². The van der Waals surface area contributed by atoms with Gasteiger partial charge in [-0.3, -0.25) is 4.79 Å². The molecule has 2 aromatic rings. The van der Waals surface area contributed by atoms with Crippen molar-refractivity contribution in [2.75, 3.05) is 26.2 Å². The third kappa shape index (κ3) is 3.42. The number of hydrogen-bond donors (Lipinski definition) is 2. The van der Waals surface area contributed by atoms with Gasteiger partial charge in [0.2, 0.25) is 5.76 Å². The highest BCUT2D eigenvalue weighted by Crippen LogP contribution is 2.38. The molecule has 1 saturated heterocycles. The van der Waals surface area contributed by atoms with Crippen LogP contribution in [0.3, 0.4) is 0 Å². The molecule has 1 fully saturated rings. The molecule has 0 spiro atoms. The third-order valence-corrected chi connectivity index (χ3v) is 5.13. The molecule has 3 rings (SSSR count). The van der Waals surface area contributed by atoms with Gasteiger partial charge in [0.1, 0.15) is 5.69 Å². The molecule has 0 aliphatic carbocycles. The maximum atomic E-state index is 12.8. The number of alkyl halides is 3. The Bertz CT molecular complexity index is 772. The lowest BCUT2D eigenvalue weighted by Gasteiger charge is -2.34. The first-order valence-corrected chi connectivity index (χ1v) is 8.40. The quantitative estimate of drug-likeness (QED) is 0.859. The number of aliphatic hydroxyl groups is 1. The number of nitrogens with one attached hydrogen (secondary N) is 1. The SMILES string of the molecule is Cc1c(-c2ccc(C(=O)N3CCNCC3CO)s2)noc1C(F)(F)F. The summed E-state index contributed by atoms with van der Waals surface area (Å²) in [7, 11) is 0. The summed E-state index contributed by atoms with van der Waals surface area (Å²) in [6.07, 6.45) is -4.61. The first kappa shape index (κ1) is 17.9. The van der Waals surface area contributed by atoms with Crippen LogP contribution in [0.15, 0.2) is 16.7 Å². The van der Waals surface area contributed by atoms with Gasteiger partial charge in [0.05, 0.1) is 22.4 Å². The van der Waals surface area contributed by atoms with Gasteiger partial charge < -0.3 is 19.8 Å². The molecule has 136 valence electrons. The summed E-state index contributed by atoms with van der Waals surface area (Å²) in [5, 5.41) is 16.0. The second-order valence-corrected chi connectivity index (χ2v) is 6.77. The number of thiophene rings is 1. The summed E-state index contributed by atoms with van der Waals surface area (Å²) >= 11 is 1.06. The minimum absolute atomic E-state index is 0.0791. The van der Waals surface area contributed by atoms with E-state index in [1.165, 1.54) is 6.92 Å². The smallest absolute Gasteiger partial charge is 0.394 e. The van der Waals surface area contributed by atoms with Crippen molar-refractivity contribution in [3.05, 3.63) is 28.3 Å². The Morgan fingerprint density at radius 3 is 2.92 bits per heavy atom. The highest BCUT2D eigenvalue weighted by Gasteiger charge is 2.39.